The molecule has 1 aliphatic heterocycles. The lowest BCUT2D eigenvalue weighted by atomic mass is 10.1. The second-order valence-corrected chi connectivity index (χ2v) is 4.83. The van der Waals surface area contributed by atoms with Crippen LogP contribution in [0, 0.1) is 6.92 Å². The molecule has 2 heteroatoms. The molecule has 1 saturated heterocycles. The lowest BCUT2D eigenvalue weighted by Crippen LogP contribution is -2.49. The first kappa shape index (κ1) is 11.6. The molecule has 1 N–H and O–H groups in total. The minimum Gasteiger partial charge on any atom is -0.312 e. The van der Waals surface area contributed by atoms with E-state index >= 15 is 0 Å². The summed E-state index contributed by atoms with van der Waals surface area (Å²) in [7, 11) is 0. The van der Waals surface area contributed by atoms with Crippen LogP contribution >= 0.6 is 0 Å². The van der Waals surface area contributed by atoms with Gasteiger partial charge in [-0.25, -0.2) is 0 Å². The molecule has 2 nitrogen and oxygen atoms in total. The molecule has 0 bridgehead atoms. The molecule has 1 fully saturated rings. The molecule has 0 amide bonds. The maximum absolute atomic E-state index is 3.48. The smallest absolute Gasteiger partial charge is 0.0167 e. The maximum atomic E-state index is 3.48. The highest BCUT2D eigenvalue weighted by atomic mass is 15.2. The lowest BCUT2D eigenvalue weighted by molar-refractivity contribution is 0.209. The van der Waals surface area contributed by atoms with Crippen molar-refractivity contribution in [2.24, 2.45) is 0 Å². The maximum Gasteiger partial charge on any atom is 0.0167 e. The first-order valence-corrected chi connectivity index (χ1v) is 6.26. The molecule has 0 saturated carbocycles. The van der Waals surface area contributed by atoms with Crippen molar-refractivity contribution < 1.29 is 0 Å². The predicted octanol–water partition coefficient (Wildman–Crippen LogP) is 1.83. The van der Waals surface area contributed by atoms with Gasteiger partial charge in [-0.2, -0.15) is 0 Å². The van der Waals surface area contributed by atoms with E-state index in [2.05, 4.69) is 48.3 Å². The molecule has 1 aromatic rings. The fourth-order valence-electron chi connectivity index (χ4n) is 2.38. The molecule has 1 atom stereocenters. The third-order valence-electron chi connectivity index (χ3n) is 3.41. The fraction of sp³-hybridized carbons (Fsp3) is 0.571. The molecule has 16 heavy (non-hydrogen) atoms. The van der Waals surface area contributed by atoms with E-state index in [-0.39, 0.29) is 0 Å². The predicted molar refractivity (Wildman–Crippen MR) is 68.8 cm³/mol. The second kappa shape index (κ2) is 5.46. The molecule has 1 heterocycles. The van der Waals surface area contributed by atoms with Crippen LogP contribution in [-0.2, 0) is 6.42 Å². The van der Waals surface area contributed by atoms with Gasteiger partial charge < -0.3 is 10.2 Å². The number of rotatable bonds is 3. The Labute approximate surface area is 98.7 Å². The van der Waals surface area contributed by atoms with Gasteiger partial charge in [-0.05, 0) is 31.4 Å². The Kier molecular flexibility index (Phi) is 3.97. The van der Waals surface area contributed by atoms with E-state index in [1.54, 1.807) is 0 Å². The van der Waals surface area contributed by atoms with Crippen molar-refractivity contribution in [1.82, 2.24) is 10.2 Å². The van der Waals surface area contributed by atoms with Gasteiger partial charge in [0.1, 0.15) is 0 Å². The molecule has 2 rings (SSSR count). The Morgan fingerprint density at radius 2 is 2.19 bits per heavy atom. The summed E-state index contributed by atoms with van der Waals surface area (Å²) in [6, 6.07) is 9.36. The van der Waals surface area contributed by atoms with E-state index in [1.807, 2.05) is 0 Å². The van der Waals surface area contributed by atoms with E-state index in [0.717, 1.165) is 6.54 Å². The van der Waals surface area contributed by atoms with E-state index in [0.29, 0.717) is 6.04 Å². The second-order valence-electron chi connectivity index (χ2n) is 4.83. The van der Waals surface area contributed by atoms with Crippen LogP contribution in [-0.4, -0.2) is 37.1 Å². The molecule has 1 aromatic carbocycles. The zero-order chi connectivity index (χ0) is 11.4. The van der Waals surface area contributed by atoms with Crippen molar-refractivity contribution in [3.8, 4) is 0 Å². The van der Waals surface area contributed by atoms with Crippen LogP contribution in [0.15, 0.2) is 24.3 Å². The van der Waals surface area contributed by atoms with Crippen LogP contribution in [0.4, 0.5) is 0 Å². The van der Waals surface area contributed by atoms with Crippen LogP contribution in [0.25, 0.3) is 0 Å². The van der Waals surface area contributed by atoms with Crippen molar-refractivity contribution in [3.05, 3.63) is 35.4 Å². The van der Waals surface area contributed by atoms with Crippen molar-refractivity contribution in [2.45, 2.75) is 26.3 Å². The molecule has 0 aliphatic carbocycles. The van der Waals surface area contributed by atoms with Crippen LogP contribution in [0.3, 0.4) is 0 Å². The minimum absolute atomic E-state index is 0.644. The molecule has 1 aliphatic rings. The van der Waals surface area contributed by atoms with Crippen molar-refractivity contribution in [3.63, 3.8) is 0 Å². The summed E-state index contributed by atoms with van der Waals surface area (Å²) < 4.78 is 0. The first-order chi connectivity index (χ1) is 7.75. The molecule has 1 unspecified atom stereocenters. The Morgan fingerprint density at radius 3 is 2.94 bits per heavy atom. The van der Waals surface area contributed by atoms with E-state index in [9.17, 15) is 0 Å². The summed E-state index contributed by atoms with van der Waals surface area (Å²) in [5, 5.41) is 3.48. The van der Waals surface area contributed by atoms with E-state index in [1.165, 1.54) is 37.2 Å². The average molecular weight is 218 g/mol. The Hall–Kier alpha value is -0.860. The molecule has 0 aromatic heterocycles. The topological polar surface area (TPSA) is 15.3 Å². The number of piperazine rings is 1. The monoisotopic (exact) mass is 218 g/mol. The van der Waals surface area contributed by atoms with Gasteiger partial charge in [-0.3, -0.25) is 0 Å². The minimum atomic E-state index is 0.644. The Bertz CT molecular complexity index is 335. The number of nitrogens with one attached hydrogen (secondary N) is 1. The number of hydrogen-bond donors (Lipinski definition) is 1. The summed E-state index contributed by atoms with van der Waals surface area (Å²) in [6.07, 6.45) is 1.18. The highest BCUT2D eigenvalue weighted by Crippen LogP contribution is 2.09. The van der Waals surface area contributed by atoms with Crippen molar-refractivity contribution >= 4 is 0 Å². The van der Waals surface area contributed by atoms with Gasteiger partial charge in [0.05, 0.1) is 0 Å². The van der Waals surface area contributed by atoms with Gasteiger partial charge >= 0.3 is 0 Å². The number of aryl methyl sites for hydroxylation is 1. The number of benzene rings is 1. The van der Waals surface area contributed by atoms with Crippen LogP contribution in [0.1, 0.15) is 18.1 Å². The third-order valence-corrected chi connectivity index (χ3v) is 3.41. The van der Waals surface area contributed by atoms with Crippen LogP contribution < -0.4 is 5.32 Å². The summed E-state index contributed by atoms with van der Waals surface area (Å²) in [5.74, 6) is 0. The normalized spacial score (nSPS) is 22.2. The van der Waals surface area contributed by atoms with Gasteiger partial charge in [0, 0.05) is 32.2 Å². The SMILES string of the molecule is Cc1ccccc1CCN1CCNC(C)C1. The van der Waals surface area contributed by atoms with Crippen molar-refractivity contribution in [1.29, 1.82) is 0 Å². The summed E-state index contributed by atoms with van der Waals surface area (Å²) in [5.41, 5.74) is 2.92. The van der Waals surface area contributed by atoms with E-state index in [4.69, 9.17) is 0 Å². The number of nitrogens with zero attached hydrogens (tertiary/aromatic N) is 1. The average Bonchev–Trinajstić information content (AvgIpc) is 2.28. The molecular formula is C14H22N2. The Morgan fingerprint density at radius 1 is 1.38 bits per heavy atom. The van der Waals surface area contributed by atoms with Gasteiger partial charge in [0.2, 0.25) is 0 Å². The molecule has 0 radical (unpaired) electrons. The molecule has 88 valence electrons. The summed E-state index contributed by atoms with van der Waals surface area (Å²) in [4.78, 5) is 2.56. The first-order valence-electron chi connectivity index (χ1n) is 6.26. The van der Waals surface area contributed by atoms with Crippen LogP contribution in [0.5, 0.6) is 0 Å². The standard InChI is InChI=1S/C14H22N2/c1-12-5-3-4-6-14(12)7-9-16-10-8-15-13(2)11-16/h3-6,13,15H,7-11H2,1-2H3. The number of hydrogen-bond acceptors (Lipinski definition) is 2. The van der Waals surface area contributed by atoms with Gasteiger partial charge in [-0.15, -0.1) is 0 Å². The Balaban J connectivity index is 1.85. The van der Waals surface area contributed by atoms with Crippen molar-refractivity contribution in [2.75, 3.05) is 26.2 Å². The quantitative estimate of drug-likeness (QED) is 0.832. The lowest BCUT2D eigenvalue weighted by Gasteiger charge is -2.31. The van der Waals surface area contributed by atoms with Gasteiger partial charge in [0.15, 0.2) is 0 Å². The zero-order valence-corrected chi connectivity index (χ0v) is 10.4. The third kappa shape index (κ3) is 3.06. The van der Waals surface area contributed by atoms with Crippen LogP contribution in [0.2, 0.25) is 0 Å². The highest BCUT2D eigenvalue weighted by molar-refractivity contribution is 5.25. The zero-order valence-electron chi connectivity index (χ0n) is 10.4. The summed E-state index contributed by atoms with van der Waals surface area (Å²) in [6.45, 7) is 9.17. The molecule has 0 spiro atoms. The van der Waals surface area contributed by atoms with Gasteiger partial charge in [-0.1, -0.05) is 24.3 Å². The highest BCUT2D eigenvalue weighted by Gasteiger charge is 2.14. The largest absolute Gasteiger partial charge is 0.312 e. The van der Waals surface area contributed by atoms with Gasteiger partial charge in [0.25, 0.3) is 0 Å². The fourth-order valence-corrected chi connectivity index (χ4v) is 2.38. The molecular weight excluding hydrogens is 196 g/mol. The summed E-state index contributed by atoms with van der Waals surface area (Å²) >= 11 is 0. The van der Waals surface area contributed by atoms with E-state index < -0.39 is 0 Å².